The van der Waals surface area contributed by atoms with E-state index in [0.29, 0.717) is 19.5 Å². The van der Waals surface area contributed by atoms with Crippen molar-refractivity contribution in [2.45, 2.75) is 39.8 Å². The van der Waals surface area contributed by atoms with Crippen LogP contribution < -0.4 is 15.4 Å². The number of nitrogens with one attached hydrogen (secondary N) is 2. The van der Waals surface area contributed by atoms with Gasteiger partial charge in [0.25, 0.3) is 0 Å². The minimum atomic E-state index is -0.387. The number of urea groups is 1. The number of aliphatic hydroxyl groups excluding tert-OH is 1. The first-order valence-corrected chi connectivity index (χ1v) is 7.27. The number of benzene rings is 1. The van der Waals surface area contributed by atoms with E-state index in [-0.39, 0.29) is 18.1 Å². The Labute approximate surface area is 126 Å². The average molecular weight is 294 g/mol. The predicted molar refractivity (Wildman–Crippen MR) is 83.4 cm³/mol. The summed E-state index contributed by atoms with van der Waals surface area (Å²) in [5.74, 6) is 0.970. The van der Waals surface area contributed by atoms with Gasteiger partial charge in [0.2, 0.25) is 0 Å². The molecule has 0 heterocycles. The number of methoxy groups -OCH3 is 1. The highest BCUT2D eigenvalue weighted by Gasteiger charge is 2.10. The van der Waals surface area contributed by atoms with Gasteiger partial charge in [-0.2, -0.15) is 0 Å². The first-order valence-electron chi connectivity index (χ1n) is 7.27. The highest BCUT2D eigenvalue weighted by molar-refractivity contribution is 5.73. The third-order valence-corrected chi connectivity index (χ3v) is 3.38. The number of rotatable bonds is 7. The van der Waals surface area contributed by atoms with Crippen molar-refractivity contribution in [2.24, 2.45) is 5.92 Å². The molecule has 0 bridgehead atoms. The standard InChI is InChI=1S/C16H26N2O3/c1-11(2)14(19)7-8-17-16(20)18-10-13-6-5-12(3)9-15(13)21-4/h5-6,9,11,14,19H,7-8,10H2,1-4H3,(H2,17,18,20). The molecule has 5 heteroatoms. The van der Waals surface area contributed by atoms with Gasteiger partial charge in [-0.1, -0.05) is 26.0 Å². The molecule has 0 fully saturated rings. The lowest BCUT2D eigenvalue weighted by Gasteiger charge is -2.15. The van der Waals surface area contributed by atoms with Gasteiger partial charge in [-0.15, -0.1) is 0 Å². The number of hydrogen-bond acceptors (Lipinski definition) is 3. The fraction of sp³-hybridized carbons (Fsp3) is 0.562. The summed E-state index contributed by atoms with van der Waals surface area (Å²) in [7, 11) is 1.62. The number of hydrogen-bond donors (Lipinski definition) is 3. The molecular formula is C16H26N2O3. The summed E-state index contributed by atoms with van der Waals surface area (Å²) < 4.78 is 5.29. The molecule has 21 heavy (non-hydrogen) atoms. The molecule has 0 aliphatic rings. The van der Waals surface area contributed by atoms with Crippen LogP contribution in [-0.2, 0) is 6.54 Å². The maximum atomic E-state index is 11.7. The fourth-order valence-corrected chi connectivity index (χ4v) is 1.90. The van der Waals surface area contributed by atoms with Gasteiger partial charge in [-0.05, 0) is 30.9 Å². The summed E-state index contributed by atoms with van der Waals surface area (Å²) in [5.41, 5.74) is 2.04. The molecular weight excluding hydrogens is 268 g/mol. The molecule has 0 aliphatic heterocycles. The Bertz CT molecular complexity index is 461. The van der Waals surface area contributed by atoms with E-state index >= 15 is 0 Å². The van der Waals surface area contributed by atoms with Crippen LogP contribution >= 0.6 is 0 Å². The SMILES string of the molecule is COc1cc(C)ccc1CNC(=O)NCCC(O)C(C)C. The number of ether oxygens (including phenoxy) is 1. The number of carbonyl (C=O) groups is 1. The third kappa shape index (κ3) is 6.04. The van der Waals surface area contributed by atoms with Crippen molar-refractivity contribution in [3.63, 3.8) is 0 Å². The molecule has 0 aliphatic carbocycles. The lowest BCUT2D eigenvalue weighted by Crippen LogP contribution is -2.37. The summed E-state index contributed by atoms with van der Waals surface area (Å²) in [4.78, 5) is 11.7. The number of amides is 2. The Morgan fingerprint density at radius 3 is 2.67 bits per heavy atom. The van der Waals surface area contributed by atoms with Gasteiger partial charge >= 0.3 is 6.03 Å². The maximum absolute atomic E-state index is 11.7. The lowest BCUT2D eigenvalue weighted by molar-refractivity contribution is 0.116. The van der Waals surface area contributed by atoms with Crippen LogP contribution in [0.5, 0.6) is 5.75 Å². The Kier molecular flexibility index (Phi) is 7.02. The molecule has 2 amide bonds. The number of aryl methyl sites for hydroxylation is 1. The first-order chi connectivity index (χ1) is 9.93. The molecule has 5 nitrogen and oxygen atoms in total. The van der Waals surface area contributed by atoms with Crippen molar-refractivity contribution >= 4 is 6.03 Å². The number of carbonyl (C=O) groups excluding carboxylic acids is 1. The zero-order valence-corrected chi connectivity index (χ0v) is 13.3. The summed E-state index contributed by atoms with van der Waals surface area (Å²) in [5, 5.41) is 15.2. The Morgan fingerprint density at radius 1 is 1.33 bits per heavy atom. The van der Waals surface area contributed by atoms with E-state index in [1.54, 1.807) is 7.11 Å². The molecule has 1 unspecified atom stereocenters. The Balaban J connectivity index is 2.36. The van der Waals surface area contributed by atoms with Crippen LogP contribution in [0.15, 0.2) is 18.2 Å². The van der Waals surface area contributed by atoms with Crippen molar-refractivity contribution < 1.29 is 14.6 Å². The van der Waals surface area contributed by atoms with Crippen molar-refractivity contribution in [2.75, 3.05) is 13.7 Å². The van der Waals surface area contributed by atoms with Gasteiger partial charge in [-0.25, -0.2) is 4.79 Å². The second kappa shape index (κ2) is 8.52. The van der Waals surface area contributed by atoms with Crippen LogP contribution in [0.1, 0.15) is 31.4 Å². The van der Waals surface area contributed by atoms with Crippen molar-refractivity contribution in [1.29, 1.82) is 0 Å². The molecule has 1 aromatic carbocycles. The van der Waals surface area contributed by atoms with Crippen LogP contribution in [0.2, 0.25) is 0 Å². The van der Waals surface area contributed by atoms with Crippen molar-refractivity contribution in [1.82, 2.24) is 10.6 Å². The first kappa shape index (κ1) is 17.3. The highest BCUT2D eigenvalue weighted by atomic mass is 16.5. The van der Waals surface area contributed by atoms with E-state index in [1.807, 2.05) is 39.0 Å². The number of aliphatic hydroxyl groups is 1. The second-order valence-corrected chi connectivity index (χ2v) is 5.52. The van der Waals surface area contributed by atoms with Crippen LogP contribution in [0, 0.1) is 12.8 Å². The van der Waals surface area contributed by atoms with Crippen molar-refractivity contribution in [3.8, 4) is 5.75 Å². The second-order valence-electron chi connectivity index (χ2n) is 5.52. The maximum Gasteiger partial charge on any atom is 0.315 e. The summed E-state index contributed by atoms with van der Waals surface area (Å²) >= 11 is 0. The molecule has 1 rings (SSSR count). The van der Waals surface area contributed by atoms with Crippen LogP contribution in [0.3, 0.4) is 0 Å². The molecule has 1 atom stereocenters. The summed E-state index contributed by atoms with van der Waals surface area (Å²) in [6.45, 7) is 6.76. The molecule has 118 valence electrons. The largest absolute Gasteiger partial charge is 0.496 e. The quantitative estimate of drug-likeness (QED) is 0.722. The van der Waals surface area contributed by atoms with Gasteiger partial charge in [0.15, 0.2) is 0 Å². The van der Waals surface area contributed by atoms with E-state index in [9.17, 15) is 9.90 Å². The van der Waals surface area contributed by atoms with E-state index in [2.05, 4.69) is 10.6 Å². The van der Waals surface area contributed by atoms with Gasteiger partial charge in [-0.3, -0.25) is 0 Å². The van der Waals surface area contributed by atoms with E-state index in [0.717, 1.165) is 16.9 Å². The zero-order valence-electron chi connectivity index (χ0n) is 13.3. The van der Waals surface area contributed by atoms with E-state index in [4.69, 9.17) is 4.74 Å². The minimum absolute atomic E-state index is 0.201. The van der Waals surface area contributed by atoms with Crippen molar-refractivity contribution in [3.05, 3.63) is 29.3 Å². The topological polar surface area (TPSA) is 70.6 Å². The van der Waals surface area contributed by atoms with Crippen LogP contribution in [0.4, 0.5) is 4.79 Å². The van der Waals surface area contributed by atoms with Gasteiger partial charge < -0.3 is 20.5 Å². The molecule has 0 radical (unpaired) electrons. The molecule has 0 saturated carbocycles. The minimum Gasteiger partial charge on any atom is -0.496 e. The third-order valence-electron chi connectivity index (χ3n) is 3.38. The average Bonchev–Trinajstić information content (AvgIpc) is 2.45. The molecule has 3 N–H and O–H groups in total. The van der Waals surface area contributed by atoms with Crippen LogP contribution in [0.25, 0.3) is 0 Å². The summed E-state index contributed by atoms with van der Waals surface area (Å²) in [6, 6.07) is 5.62. The monoisotopic (exact) mass is 294 g/mol. The van der Waals surface area contributed by atoms with Gasteiger partial charge in [0, 0.05) is 18.7 Å². The zero-order chi connectivity index (χ0) is 15.8. The predicted octanol–water partition coefficient (Wildman–Crippen LogP) is 2.21. The molecule has 0 aromatic heterocycles. The fourth-order valence-electron chi connectivity index (χ4n) is 1.90. The smallest absolute Gasteiger partial charge is 0.315 e. The highest BCUT2D eigenvalue weighted by Crippen LogP contribution is 2.19. The Morgan fingerprint density at radius 2 is 2.05 bits per heavy atom. The van der Waals surface area contributed by atoms with E-state index < -0.39 is 0 Å². The summed E-state index contributed by atoms with van der Waals surface area (Å²) in [6.07, 6.45) is 0.168. The molecule has 1 aromatic rings. The Hall–Kier alpha value is -1.75. The van der Waals surface area contributed by atoms with E-state index in [1.165, 1.54) is 0 Å². The van der Waals surface area contributed by atoms with Crippen LogP contribution in [-0.4, -0.2) is 30.9 Å². The normalized spacial score (nSPS) is 12.1. The molecule has 0 saturated heterocycles. The van der Waals surface area contributed by atoms with Gasteiger partial charge in [0.1, 0.15) is 5.75 Å². The lowest BCUT2D eigenvalue weighted by atomic mass is 10.0. The van der Waals surface area contributed by atoms with Gasteiger partial charge in [0.05, 0.1) is 13.2 Å². The molecule has 0 spiro atoms.